The minimum Gasteiger partial charge on any atom is -0.344 e. The molecule has 0 spiro atoms. The first-order chi connectivity index (χ1) is 10.6. The Hall–Kier alpha value is -2.78. The molecule has 0 radical (unpaired) electrons. The van der Waals surface area contributed by atoms with Crippen molar-refractivity contribution in [1.29, 1.82) is 0 Å². The van der Waals surface area contributed by atoms with E-state index >= 15 is 0 Å². The van der Waals surface area contributed by atoms with Gasteiger partial charge in [-0.1, -0.05) is 0 Å². The predicted octanol–water partition coefficient (Wildman–Crippen LogP) is -2.25. The van der Waals surface area contributed by atoms with Gasteiger partial charge in [-0.15, -0.1) is 0 Å². The van der Waals surface area contributed by atoms with Gasteiger partial charge in [-0.25, -0.2) is 10.9 Å². The summed E-state index contributed by atoms with van der Waals surface area (Å²) in [7, 11) is 0. The number of hydrazone groups is 2. The van der Waals surface area contributed by atoms with E-state index in [1.807, 2.05) is 0 Å². The van der Waals surface area contributed by atoms with Crippen LogP contribution in [0.2, 0.25) is 0 Å². The van der Waals surface area contributed by atoms with Crippen LogP contribution >= 0.6 is 0 Å². The number of hydrogen-bond acceptors (Lipinski definition) is 6. The summed E-state index contributed by atoms with van der Waals surface area (Å²) in [5, 5.41) is 12.2. The average Bonchev–Trinajstić information content (AvgIpc) is 3.11. The summed E-state index contributed by atoms with van der Waals surface area (Å²) in [6.07, 6.45) is 3.90. The van der Waals surface area contributed by atoms with Crippen molar-refractivity contribution >= 4 is 36.1 Å². The standard InChI is InChI=1S/C12H16N6O4/c19-9-3-1-7(15-9)11(21)17-13-5-6-14-18-12(22)8-2-4-10(20)16-8/h5-8H,1-4H2,(H,15,19)(H,16,20)(H,17,21)(H,18,22)/b13-5+,14-6+. The van der Waals surface area contributed by atoms with Crippen molar-refractivity contribution in [3.63, 3.8) is 0 Å². The Balaban J connectivity index is 1.64. The molecular weight excluding hydrogens is 292 g/mol. The Bertz CT molecular complexity index is 496. The minimum absolute atomic E-state index is 0.160. The number of nitrogens with zero attached hydrogens (tertiary/aromatic N) is 2. The molecule has 2 aliphatic rings. The SMILES string of the molecule is O=C1CCC(C(=O)N/N=C/C=N/NC(=O)C2CCC(=O)N2)N1. The lowest BCUT2D eigenvalue weighted by Gasteiger charge is -2.06. The van der Waals surface area contributed by atoms with Gasteiger partial charge < -0.3 is 10.6 Å². The van der Waals surface area contributed by atoms with Crippen molar-refractivity contribution in [1.82, 2.24) is 21.5 Å². The molecule has 0 saturated carbocycles. The Kier molecular flexibility index (Phi) is 5.17. The van der Waals surface area contributed by atoms with Crippen LogP contribution in [-0.4, -0.2) is 48.1 Å². The first kappa shape index (κ1) is 15.6. The van der Waals surface area contributed by atoms with Crippen LogP contribution in [0.1, 0.15) is 25.7 Å². The zero-order valence-corrected chi connectivity index (χ0v) is 11.7. The summed E-state index contributed by atoms with van der Waals surface area (Å²) >= 11 is 0. The summed E-state index contributed by atoms with van der Waals surface area (Å²) in [6.45, 7) is 0. The number of rotatable bonds is 5. The lowest BCUT2D eigenvalue weighted by atomic mass is 10.2. The number of carbonyl (C=O) groups is 4. The van der Waals surface area contributed by atoms with Gasteiger partial charge in [-0.05, 0) is 12.8 Å². The van der Waals surface area contributed by atoms with E-state index in [0.717, 1.165) is 0 Å². The second-order valence-electron chi connectivity index (χ2n) is 4.83. The lowest BCUT2D eigenvalue weighted by Crippen LogP contribution is -2.39. The molecule has 22 heavy (non-hydrogen) atoms. The fourth-order valence-corrected chi connectivity index (χ4v) is 2.05. The molecule has 2 fully saturated rings. The third-order valence-electron chi connectivity index (χ3n) is 3.19. The molecule has 0 aliphatic carbocycles. The average molecular weight is 308 g/mol. The summed E-state index contributed by atoms with van der Waals surface area (Å²) in [6, 6.07) is -1.13. The maximum atomic E-state index is 11.5. The Labute approximate surface area is 125 Å². The van der Waals surface area contributed by atoms with Gasteiger partial charge in [0.05, 0.1) is 12.4 Å². The van der Waals surface area contributed by atoms with Gasteiger partial charge in [0.1, 0.15) is 12.1 Å². The molecule has 2 aliphatic heterocycles. The molecule has 2 atom stereocenters. The summed E-state index contributed by atoms with van der Waals surface area (Å²) in [5.41, 5.74) is 4.50. The highest BCUT2D eigenvalue weighted by atomic mass is 16.2. The number of hydrogen-bond donors (Lipinski definition) is 4. The van der Waals surface area contributed by atoms with Crippen LogP contribution in [0, 0.1) is 0 Å². The van der Waals surface area contributed by atoms with Crippen molar-refractivity contribution in [2.45, 2.75) is 37.8 Å². The molecule has 0 bridgehead atoms. The van der Waals surface area contributed by atoms with E-state index in [1.54, 1.807) is 0 Å². The number of nitrogens with one attached hydrogen (secondary N) is 4. The molecule has 0 aromatic carbocycles. The smallest absolute Gasteiger partial charge is 0.262 e. The van der Waals surface area contributed by atoms with Gasteiger partial charge in [0.25, 0.3) is 11.8 Å². The van der Waals surface area contributed by atoms with E-state index in [1.165, 1.54) is 12.4 Å². The summed E-state index contributed by atoms with van der Waals surface area (Å²) in [4.78, 5) is 45.0. The van der Waals surface area contributed by atoms with Crippen molar-refractivity contribution in [2.24, 2.45) is 10.2 Å². The molecule has 4 N–H and O–H groups in total. The van der Waals surface area contributed by atoms with E-state index in [0.29, 0.717) is 25.7 Å². The molecule has 2 saturated heterocycles. The quantitative estimate of drug-likeness (QED) is 0.336. The third kappa shape index (κ3) is 4.36. The lowest BCUT2D eigenvalue weighted by molar-refractivity contribution is -0.125. The monoisotopic (exact) mass is 308 g/mol. The summed E-state index contributed by atoms with van der Waals surface area (Å²) < 4.78 is 0. The number of carbonyl (C=O) groups excluding carboxylic acids is 4. The van der Waals surface area contributed by atoms with Crippen molar-refractivity contribution in [3.05, 3.63) is 0 Å². The predicted molar refractivity (Wildman–Crippen MR) is 75.6 cm³/mol. The molecule has 10 nitrogen and oxygen atoms in total. The van der Waals surface area contributed by atoms with Crippen LogP contribution < -0.4 is 21.5 Å². The highest BCUT2D eigenvalue weighted by Crippen LogP contribution is 2.06. The Morgan fingerprint density at radius 1 is 0.909 bits per heavy atom. The van der Waals surface area contributed by atoms with Crippen LogP contribution in [0.4, 0.5) is 0 Å². The Morgan fingerprint density at radius 3 is 1.64 bits per heavy atom. The van der Waals surface area contributed by atoms with Gasteiger partial charge in [0.2, 0.25) is 11.8 Å². The maximum Gasteiger partial charge on any atom is 0.262 e. The van der Waals surface area contributed by atoms with Crippen LogP contribution in [0.25, 0.3) is 0 Å². The van der Waals surface area contributed by atoms with Gasteiger partial charge in [-0.3, -0.25) is 19.2 Å². The molecule has 4 amide bonds. The van der Waals surface area contributed by atoms with Gasteiger partial charge in [-0.2, -0.15) is 10.2 Å². The van der Waals surface area contributed by atoms with E-state index in [4.69, 9.17) is 0 Å². The van der Waals surface area contributed by atoms with Crippen LogP contribution in [-0.2, 0) is 19.2 Å². The van der Waals surface area contributed by atoms with Gasteiger partial charge in [0, 0.05) is 12.8 Å². The largest absolute Gasteiger partial charge is 0.344 e. The fraction of sp³-hybridized carbons (Fsp3) is 0.500. The molecule has 2 unspecified atom stereocenters. The molecular formula is C12H16N6O4. The minimum atomic E-state index is -0.563. The van der Waals surface area contributed by atoms with Crippen molar-refractivity contribution in [2.75, 3.05) is 0 Å². The second kappa shape index (κ2) is 7.29. The molecule has 10 heteroatoms. The molecule has 0 aromatic rings. The maximum absolute atomic E-state index is 11.5. The third-order valence-corrected chi connectivity index (χ3v) is 3.19. The molecule has 2 rings (SSSR count). The first-order valence-corrected chi connectivity index (χ1v) is 6.79. The topological polar surface area (TPSA) is 141 Å². The van der Waals surface area contributed by atoms with E-state index < -0.39 is 23.9 Å². The van der Waals surface area contributed by atoms with Gasteiger partial charge in [0.15, 0.2) is 0 Å². The highest BCUT2D eigenvalue weighted by Gasteiger charge is 2.27. The van der Waals surface area contributed by atoms with Crippen LogP contribution in [0.5, 0.6) is 0 Å². The zero-order valence-electron chi connectivity index (χ0n) is 11.7. The molecule has 2 heterocycles. The van der Waals surface area contributed by atoms with Crippen molar-refractivity contribution in [3.8, 4) is 0 Å². The van der Waals surface area contributed by atoms with Crippen LogP contribution in [0.3, 0.4) is 0 Å². The number of amides is 4. The first-order valence-electron chi connectivity index (χ1n) is 6.79. The zero-order chi connectivity index (χ0) is 15.9. The van der Waals surface area contributed by atoms with E-state index in [9.17, 15) is 19.2 Å². The van der Waals surface area contributed by atoms with Gasteiger partial charge >= 0.3 is 0 Å². The normalized spacial score (nSPS) is 24.5. The molecule has 0 aromatic heterocycles. The van der Waals surface area contributed by atoms with Crippen molar-refractivity contribution < 1.29 is 19.2 Å². The molecule has 118 valence electrons. The Morgan fingerprint density at radius 2 is 1.32 bits per heavy atom. The fourth-order valence-electron chi connectivity index (χ4n) is 2.05. The van der Waals surface area contributed by atoms with E-state index in [2.05, 4.69) is 31.7 Å². The summed E-state index contributed by atoms with van der Waals surface area (Å²) in [5.74, 6) is -1.14. The van der Waals surface area contributed by atoms with E-state index in [-0.39, 0.29) is 11.8 Å². The highest BCUT2D eigenvalue weighted by molar-refractivity contribution is 6.16. The van der Waals surface area contributed by atoms with Crippen LogP contribution in [0.15, 0.2) is 10.2 Å². The second-order valence-corrected chi connectivity index (χ2v) is 4.83.